The van der Waals surface area contributed by atoms with Crippen LogP contribution in [0.4, 0.5) is 11.4 Å². The molecule has 0 radical (unpaired) electrons. The van der Waals surface area contributed by atoms with Crippen molar-refractivity contribution in [2.24, 2.45) is 0 Å². The predicted octanol–water partition coefficient (Wildman–Crippen LogP) is 3.63. The summed E-state index contributed by atoms with van der Waals surface area (Å²) >= 11 is 6.04. The second kappa shape index (κ2) is 6.11. The van der Waals surface area contributed by atoms with Crippen LogP contribution in [0.15, 0.2) is 36.4 Å². The van der Waals surface area contributed by atoms with E-state index in [9.17, 15) is 10.1 Å². The molecule has 22 heavy (non-hydrogen) atoms. The van der Waals surface area contributed by atoms with Gasteiger partial charge in [0.05, 0.1) is 15.6 Å². The van der Waals surface area contributed by atoms with E-state index in [1.54, 1.807) is 6.07 Å². The summed E-state index contributed by atoms with van der Waals surface area (Å²) in [5, 5.41) is 14.1. The highest BCUT2D eigenvalue weighted by molar-refractivity contribution is 6.33. The fourth-order valence-corrected chi connectivity index (χ4v) is 2.40. The van der Waals surface area contributed by atoms with E-state index in [1.165, 1.54) is 12.1 Å². The highest BCUT2D eigenvalue weighted by Gasteiger charge is 2.12. The first-order chi connectivity index (χ1) is 10.6. The Morgan fingerprint density at radius 1 is 1.14 bits per heavy atom. The summed E-state index contributed by atoms with van der Waals surface area (Å²) in [6.45, 7) is 1.62. The van der Waals surface area contributed by atoms with Crippen LogP contribution in [0.1, 0.15) is 5.56 Å². The molecule has 2 aromatic rings. The number of rotatable bonds is 4. The summed E-state index contributed by atoms with van der Waals surface area (Å²) in [6, 6.07) is 10.0. The molecule has 7 heteroatoms. The Balaban J connectivity index is 1.71. The van der Waals surface area contributed by atoms with Crippen molar-refractivity contribution >= 4 is 23.0 Å². The summed E-state index contributed by atoms with van der Waals surface area (Å²) in [7, 11) is 0. The fourth-order valence-electron chi connectivity index (χ4n) is 2.16. The molecular formula is C15H13ClN2O4. The Kier molecular flexibility index (Phi) is 4.02. The van der Waals surface area contributed by atoms with Crippen LogP contribution in [0.2, 0.25) is 5.02 Å². The first kappa shape index (κ1) is 14.5. The lowest BCUT2D eigenvalue weighted by molar-refractivity contribution is -0.384. The van der Waals surface area contributed by atoms with Crippen LogP contribution in [0.3, 0.4) is 0 Å². The van der Waals surface area contributed by atoms with Gasteiger partial charge in [0.15, 0.2) is 11.5 Å². The van der Waals surface area contributed by atoms with Gasteiger partial charge in [-0.3, -0.25) is 10.1 Å². The van der Waals surface area contributed by atoms with E-state index in [2.05, 4.69) is 5.32 Å². The van der Waals surface area contributed by atoms with Gasteiger partial charge in [0.25, 0.3) is 5.69 Å². The highest BCUT2D eigenvalue weighted by Crippen LogP contribution is 2.31. The van der Waals surface area contributed by atoms with Gasteiger partial charge >= 0.3 is 0 Å². The summed E-state index contributed by atoms with van der Waals surface area (Å²) in [4.78, 5) is 10.2. The lowest BCUT2D eigenvalue weighted by Gasteiger charge is -2.19. The molecule has 0 unspecified atom stereocenters. The van der Waals surface area contributed by atoms with E-state index in [4.69, 9.17) is 21.1 Å². The average Bonchev–Trinajstić information content (AvgIpc) is 2.53. The molecular weight excluding hydrogens is 308 g/mol. The maximum Gasteiger partial charge on any atom is 0.271 e. The SMILES string of the molecule is O=[N+]([O-])c1ccc(NCc2ccc3c(c2)OCCO3)c(Cl)c1. The van der Waals surface area contributed by atoms with Crippen molar-refractivity contribution in [2.75, 3.05) is 18.5 Å². The van der Waals surface area contributed by atoms with Crippen LogP contribution in [0.25, 0.3) is 0 Å². The number of nitro benzene ring substituents is 1. The third-order valence-electron chi connectivity index (χ3n) is 3.25. The van der Waals surface area contributed by atoms with Gasteiger partial charge in [-0.1, -0.05) is 17.7 Å². The minimum atomic E-state index is -0.476. The zero-order chi connectivity index (χ0) is 15.5. The van der Waals surface area contributed by atoms with Crippen LogP contribution >= 0.6 is 11.6 Å². The smallest absolute Gasteiger partial charge is 0.271 e. The third-order valence-corrected chi connectivity index (χ3v) is 3.57. The number of halogens is 1. The van der Waals surface area contributed by atoms with E-state index in [0.717, 1.165) is 17.1 Å². The van der Waals surface area contributed by atoms with Crippen LogP contribution in [0.5, 0.6) is 11.5 Å². The Bertz CT molecular complexity index is 721. The number of nitro groups is 1. The molecule has 3 rings (SSSR count). The van der Waals surface area contributed by atoms with Crippen LogP contribution in [-0.4, -0.2) is 18.1 Å². The van der Waals surface area contributed by atoms with Crippen molar-refractivity contribution in [3.05, 3.63) is 57.1 Å². The summed E-state index contributed by atoms with van der Waals surface area (Å²) in [6.07, 6.45) is 0. The normalized spacial score (nSPS) is 12.8. The number of nitrogens with one attached hydrogen (secondary N) is 1. The molecule has 1 aliphatic rings. The molecule has 6 nitrogen and oxygen atoms in total. The molecule has 0 saturated heterocycles. The molecule has 114 valence electrons. The number of ether oxygens (including phenoxy) is 2. The largest absolute Gasteiger partial charge is 0.486 e. The van der Waals surface area contributed by atoms with Crippen molar-refractivity contribution in [1.82, 2.24) is 0 Å². The topological polar surface area (TPSA) is 73.6 Å². The van der Waals surface area contributed by atoms with E-state index >= 15 is 0 Å². The van der Waals surface area contributed by atoms with E-state index in [-0.39, 0.29) is 5.69 Å². The Hall–Kier alpha value is -2.47. The predicted molar refractivity (Wildman–Crippen MR) is 82.9 cm³/mol. The maximum atomic E-state index is 10.7. The van der Waals surface area contributed by atoms with Crippen molar-refractivity contribution in [1.29, 1.82) is 0 Å². The zero-order valence-electron chi connectivity index (χ0n) is 11.5. The van der Waals surface area contributed by atoms with Gasteiger partial charge in [0.2, 0.25) is 0 Å². The first-order valence-electron chi connectivity index (χ1n) is 6.70. The number of anilines is 1. The Morgan fingerprint density at radius 2 is 1.91 bits per heavy atom. The molecule has 1 aliphatic heterocycles. The van der Waals surface area contributed by atoms with Crippen LogP contribution in [-0.2, 0) is 6.54 Å². The zero-order valence-corrected chi connectivity index (χ0v) is 12.3. The molecule has 1 N–H and O–H groups in total. The third kappa shape index (κ3) is 3.07. The first-order valence-corrected chi connectivity index (χ1v) is 7.07. The summed E-state index contributed by atoms with van der Waals surface area (Å²) in [5.41, 5.74) is 1.61. The van der Waals surface area contributed by atoms with Gasteiger partial charge in [-0.2, -0.15) is 0 Å². The minimum Gasteiger partial charge on any atom is -0.486 e. The second-order valence-corrected chi connectivity index (χ2v) is 5.16. The van der Waals surface area contributed by atoms with Crippen molar-refractivity contribution in [2.45, 2.75) is 6.54 Å². The molecule has 0 bridgehead atoms. The molecule has 0 spiro atoms. The number of fused-ring (bicyclic) bond motifs is 1. The monoisotopic (exact) mass is 320 g/mol. The fraction of sp³-hybridized carbons (Fsp3) is 0.200. The van der Waals surface area contributed by atoms with Gasteiger partial charge in [-0.25, -0.2) is 0 Å². The van der Waals surface area contributed by atoms with E-state index in [1.807, 2.05) is 18.2 Å². The molecule has 0 saturated carbocycles. The van der Waals surface area contributed by atoms with Crippen molar-refractivity contribution in [3.8, 4) is 11.5 Å². The number of non-ortho nitro benzene ring substituents is 1. The lowest BCUT2D eigenvalue weighted by atomic mass is 10.2. The Morgan fingerprint density at radius 3 is 2.64 bits per heavy atom. The Labute approximate surface area is 131 Å². The molecule has 0 aliphatic carbocycles. The quantitative estimate of drug-likeness (QED) is 0.688. The molecule has 2 aromatic carbocycles. The standard InChI is InChI=1S/C15H13ClN2O4/c16-12-8-11(18(19)20)2-3-13(12)17-9-10-1-4-14-15(7-10)22-6-5-21-14/h1-4,7-8,17H,5-6,9H2. The van der Waals surface area contributed by atoms with Gasteiger partial charge in [0, 0.05) is 18.7 Å². The van der Waals surface area contributed by atoms with Gasteiger partial charge in [0.1, 0.15) is 13.2 Å². The highest BCUT2D eigenvalue weighted by atomic mass is 35.5. The van der Waals surface area contributed by atoms with E-state index < -0.39 is 4.92 Å². The van der Waals surface area contributed by atoms with E-state index in [0.29, 0.717) is 30.5 Å². The minimum absolute atomic E-state index is 0.0325. The second-order valence-electron chi connectivity index (χ2n) is 4.75. The van der Waals surface area contributed by atoms with Gasteiger partial charge in [-0.15, -0.1) is 0 Å². The van der Waals surface area contributed by atoms with Gasteiger partial charge < -0.3 is 14.8 Å². The molecule has 0 fully saturated rings. The molecule has 1 heterocycles. The number of hydrogen-bond acceptors (Lipinski definition) is 5. The van der Waals surface area contributed by atoms with Gasteiger partial charge in [-0.05, 0) is 23.8 Å². The van der Waals surface area contributed by atoms with Crippen LogP contribution in [0, 0.1) is 10.1 Å². The molecule has 0 amide bonds. The molecule has 0 aromatic heterocycles. The van der Waals surface area contributed by atoms with Crippen molar-refractivity contribution < 1.29 is 14.4 Å². The maximum absolute atomic E-state index is 10.7. The summed E-state index contributed by atoms with van der Waals surface area (Å²) < 4.78 is 11.0. The number of nitrogens with zero attached hydrogens (tertiary/aromatic N) is 1. The lowest BCUT2D eigenvalue weighted by Crippen LogP contribution is -2.15. The van der Waals surface area contributed by atoms with Crippen molar-refractivity contribution in [3.63, 3.8) is 0 Å². The average molecular weight is 321 g/mol. The summed E-state index contributed by atoms with van der Waals surface area (Å²) in [5.74, 6) is 1.46. The number of benzene rings is 2. The van der Waals surface area contributed by atoms with Crippen LogP contribution < -0.4 is 14.8 Å². The molecule has 0 atom stereocenters. The number of hydrogen-bond donors (Lipinski definition) is 1.